The second-order valence-corrected chi connectivity index (χ2v) is 10.0. The third kappa shape index (κ3) is 3.83. The zero-order valence-electron chi connectivity index (χ0n) is 15.5. The summed E-state index contributed by atoms with van der Waals surface area (Å²) in [6, 6.07) is 3.58. The van der Waals surface area contributed by atoms with E-state index in [4.69, 9.17) is 0 Å². The first-order valence-corrected chi connectivity index (χ1v) is 11.3. The van der Waals surface area contributed by atoms with E-state index in [-0.39, 0.29) is 16.7 Å². The number of carbonyl (C=O) groups is 1. The van der Waals surface area contributed by atoms with Crippen molar-refractivity contribution in [1.82, 2.24) is 9.21 Å². The molecular formula is C18H26BrN3O3S. The lowest BCUT2D eigenvalue weighted by atomic mass is 10.2. The van der Waals surface area contributed by atoms with Crippen LogP contribution < -0.4 is 4.90 Å². The van der Waals surface area contributed by atoms with Crippen LogP contribution in [0.4, 0.5) is 5.69 Å². The third-order valence-electron chi connectivity index (χ3n) is 4.95. The number of halogens is 1. The summed E-state index contributed by atoms with van der Waals surface area (Å²) in [5, 5.41) is 0. The van der Waals surface area contributed by atoms with Crippen molar-refractivity contribution >= 4 is 37.5 Å². The summed E-state index contributed by atoms with van der Waals surface area (Å²) in [5.41, 5.74) is 1.52. The number of hydrogen-bond donors (Lipinski definition) is 0. The molecule has 2 aliphatic rings. The van der Waals surface area contributed by atoms with Gasteiger partial charge in [0.05, 0.1) is 5.69 Å². The first-order chi connectivity index (χ1) is 12.3. The van der Waals surface area contributed by atoms with Crippen LogP contribution in [0.25, 0.3) is 0 Å². The van der Waals surface area contributed by atoms with Crippen molar-refractivity contribution in [1.29, 1.82) is 0 Å². The number of likely N-dealkylation sites (N-methyl/N-ethyl adjacent to an activating group) is 2. The van der Waals surface area contributed by atoms with E-state index in [1.165, 1.54) is 4.31 Å². The molecule has 1 aliphatic carbocycles. The Hall–Kier alpha value is -0.960. The fourth-order valence-corrected chi connectivity index (χ4v) is 5.69. The lowest BCUT2D eigenvalue weighted by Gasteiger charge is -2.26. The number of anilines is 1. The normalized spacial score (nSPS) is 17.2. The van der Waals surface area contributed by atoms with Gasteiger partial charge in [-0.25, -0.2) is 8.42 Å². The maximum absolute atomic E-state index is 13.4. The fraction of sp³-hybridized carbons (Fsp3) is 0.611. The molecule has 1 amide bonds. The standard InChI is InChI=1S/C18H26BrN3O3S/c1-4-21(10-9-20(2)3)26(24,25)16-12-15(19)11-14-7-8-22(17(14)16)18(23)13-5-6-13/h11-13H,4-10H2,1-3H3. The summed E-state index contributed by atoms with van der Waals surface area (Å²) >= 11 is 3.45. The summed E-state index contributed by atoms with van der Waals surface area (Å²) in [6.45, 7) is 3.87. The van der Waals surface area contributed by atoms with Crippen LogP contribution in [-0.2, 0) is 21.2 Å². The summed E-state index contributed by atoms with van der Waals surface area (Å²) in [5.74, 6) is 0.134. The number of rotatable bonds is 7. The zero-order chi connectivity index (χ0) is 19.1. The molecule has 1 aromatic carbocycles. The van der Waals surface area contributed by atoms with E-state index in [9.17, 15) is 13.2 Å². The molecule has 0 atom stereocenters. The highest BCUT2D eigenvalue weighted by Crippen LogP contribution is 2.42. The van der Waals surface area contributed by atoms with Gasteiger partial charge in [-0.05, 0) is 51.1 Å². The van der Waals surface area contributed by atoms with Crippen LogP contribution in [0, 0.1) is 5.92 Å². The molecule has 0 bridgehead atoms. The molecule has 1 fully saturated rings. The van der Waals surface area contributed by atoms with E-state index >= 15 is 0 Å². The number of carbonyl (C=O) groups excluding carboxylic acids is 1. The van der Waals surface area contributed by atoms with Gasteiger partial charge < -0.3 is 9.80 Å². The number of fused-ring (bicyclic) bond motifs is 1. The topological polar surface area (TPSA) is 60.9 Å². The van der Waals surface area contributed by atoms with Gasteiger partial charge in [0.2, 0.25) is 15.9 Å². The number of nitrogens with zero attached hydrogens (tertiary/aromatic N) is 3. The molecule has 6 nitrogen and oxygen atoms in total. The van der Waals surface area contributed by atoms with Gasteiger partial charge in [-0.3, -0.25) is 4.79 Å². The predicted octanol–water partition coefficient (Wildman–Crippen LogP) is 2.32. The van der Waals surface area contributed by atoms with Gasteiger partial charge >= 0.3 is 0 Å². The second kappa shape index (κ2) is 7.58. The highest BCUT2D eigenvalue weighted by atomic mass is 79.9. The maximum Gasteiger partial charge on any atom is 0.245 e. The van der Waals surface area contributed by atoms with E-state index in [2.05, 4.69) is 15.9 Å². The summed E-state index contributed by atoms with van der Waals surface area (Å²) < 4.78 is 29.0. The lowest BCUT2D eigenvalue weighted by molar-refractivity contribution is -0.119. The van der Waals surface area contributed by atoms with Gasteiger partial charge in [0, 0.05) is 36.6 Å². The molecule has 0 aromatic heterocycles. The van der Waals surface area contributed by atoms with Gasteiger partial charge in [0.15, 0.2) is 0 Å². The van der Waals surface area contributed by atoms with E-state index < -0.39 is 10.0 Å². The predicted molar refractivity (Wildman–Crippen MR) is 106 cm³/mol. The molecule has 0 saturated heterocycles. The lowest BCUT2D eigenvalue weighted by Crippen LogP contribution is -2.38. The van der Waals surface area contributed by atoms with Crippen molar-refractivity contribution in [2.24, 2.45) is 5.92 Å². The molecule has 0 radical (unpaired) electrons. The molecule has 0 spiro atoms. The fourth-order valence-electron chi connectivity index (χ4n) is 3.34. The Balaban J connectivity index is 2.02. The van der Waals surface area contributed by atoms with Gasteiger partial charge in [-0.1, -0.05) is 22.9 Å². The van der Waals surface area contributed by atoms with Crippen molar-refractivity contribution in [2.45, 2.75) is 31.1 Å². The van der Waals surface area contributed by atoms with Crippen molar-refractivity contribution in [3.63, 3.8) is 0 Å². The van der Waals surface area contributed by atoms with Gasteiger partial charge in [-0.2, -0.15) is 4.31 Å². The van der Waals surface area contributed by atoms with Crippen molar-refractivity contribution < 1.29 is 13.2 Å². The van der Waals surface area contributed by atoms with Crippen molar-refractivity contribution in [3.8, 4) is 0 Å². The van der Waals surface area contributed by atoms with Crippen molar-refractivity contribution in [3.05, 3.63) is 22.2 Å². The first-order valence-electron chi connectivity index (χ1n) is 9.04. The SMILES string of the molecule is CCN(CCN(C)C)S(=O)(=O)c1cc(Br)cc2c1N(C(=O)C1CC1)CC2. The number of hydrogen-bond acceptors (Lipinski definition) is 4. The molecule has 26 heavy (non-hydrogen) atoms. The Morgan fingerprint density at radius 3 is 2.54 bits per heavy atom. The Morgan fingerprint density at radius 1 is 1.27 bits per heavy atom. The van der Waals surface area contributed by atoms with Crippen LogP contribution in [0.1, 0.15) is 25.3 Å². The van der Waals surface area contributed by atoms with Crippen LogP contribution >= 0.6 is 15.9 Å². The van der Waals surface area contributed by atoms with Crippen molar-refractivity contribution in [2.75, 3.05) is 45.2 Å². The van der Waals surface area contributed by atoms with E-state index in [1.54, 1.807) is 11.0 Å². The minimum atomic E-state index is -3.68. The average Bonchev–Trinajstić information content (AvgIpc) is 3.33. The molecule has 0 unspecified atom stereocenters. The van der Waals surface area contributed by atoms with E-state index in [0.717, 1.165) is 22.9 Å². The highest BCUT2D eigenvalue weighted by Gasteiger charge is 2.40. The number of benzene rings is 1. The molecule has 3 rings (SSSR count). The van der Waals surface area contributed by atoms with E-state index in [0.29, 0.717) is 38.3 Å². The summed E-state index contributed by atoms with van der Waals surface area (Å²) in [6.07, 6.45) is 2.51. The molecule has 8 heteroatoms. The van der Waals surface area contributed by atoms with E-state index in [1.807, 2.05) is 32.0 Å². The van der Waals surface area contributed by atoms with Crippen LogP contribution in [0.2, 0.25) is 0 Å². The summed E-state index contributed by atoms with van der Waals surface area (Å²) in [7, 11) is 0.164. The average molecular weight is 444 g/mol. The van der Waals surface area contributed by atoms with Gasteiger partial charge in [0.25, 0.3) is 0 Å². The Labute approximate surface area is 164 Å². The minimum Gasteiger partial charge on any atom is -0.310 e. The van der Waals surface area contributed by atoms with Gasteiger partial charge in [0.1, 0.15) is 4.90 Å². The molecule has 0 N–H and O–H groups in total. The molecule has 1 aliphatic heterocycles. The molecule has 144 valence electrons. The smallest absolute Gasteiger partial charge is 0.245 e. The van der Waals surface area contributed by atoms with Crippen LogP contribution in [0.15, 0.2) is 21.5 Å². The Kier molecular flexibility index (Phi) is 5.77. The maximum atomic E-state index is 13.4. The van der Waals surface area contributed by atoms with Crippen LogP contribution in [0.5, 0.6) is 0 Å². The third-order valence-corrected chi connectivity index (χ3v) is 7.40. The number of sulfonamides is 1. The summed E-state index contributed by atoms with van der Waals surface area (Å²) in [4.78, 5) is 16.6. The molecule has 1 heterocycles. The zero-order valence-corrected chi connectivity index (χ0v) is 17.9. The Morgan fingerprint density at radius 2 is 1.96 bits per heavy atom. The quantitative estimate of drug-likeness (QED) is 0.648. The van der Waals surface area contributed by atoms with Crippen LogP contribution in [-0.4, -0.2) is 63.8 Å². The highest BCUT2D eigenvalue weighted by molar-refractivity contribution is 9.10. The number of amides is 1. The molecule has 1 aromatic rings. The minimum absolute atomic E-state index is 0.0659. The van der Waals surface area contributed by atoms with Gasteiger partial charge in [-0.15, -0.1) is 0 Å². The molecular weight excluding hydrogens is 418 g/mol. The monoisotopic (exact) mass is 443 g/mol. The Bertz CT molecular complexity index is 806. The first kappa shape index (κ1) is 19.8. The molecule has 1 saturated carbocycles. The largest absolute Gasteiger partial charge is 0.310 e. The second-order valence-electron chi connectivity index (χ2n) is 7.23. The van der Waals surface area contributed by atoms with Crippen LogP contribution in [0.3, 0.4) is 0 Å².